The summed E-state index contributed by atoms with van der Waals surface area (Å²) in [5.74, 6) is 2.28. The molecule has 5 heteroatoms. The minimum absolute atomic E-state index is 0.530. The molecular formula is C18H16N2O3. The van der Waals surface area contributed by atoms with E-state index in [0.717, 1.165) is 28.3 Å². The predicted octanol–water partition coefficient (Wildman–Crippen LogP) is 1.73. The fraction of sp³-hybridized carbons (Fsp3) is 0.278. The van der Waals surface area contributed by atoms with Crippen molar-refractivity contribution in [2.75, 3.05) is 26.3 Å². The zero-order valence-electron chi connectivity index (χ0n) is 12.5. The SMILES string of the molecule is OC1(c2ccc3c(c2)OCCO3)c2ccccc2C2=NCCN21. The Bertz CT molecular complexity index is 833. The van der Waals surface area contributed by atoms with E-state index in [0.29, 0.717) is 32.1 Å². The Morgan fingerprint density at radius 2 is 1.87 bits per heavy atom. The number of nitrogens with zero attached hydrogens (tertiary/aromatic N) is 2. The van der Waals surface area contributed by atoms with E-state index in [1.54, 1.807) is 0 Å². The lowest BCUT2D eigenvalue weighted by molar-refractivity contribution is -0.0245. The van der Waals surface area contributed by atoms with Gasteiger partial charge in [0, 0.05) is 23.2 Å². The van der Waals surface area contributed by atoms with Gasteiger partial charge in [-0.3, -0.25) is 4.99 Å². The van der Waals surface area contributed by atoms with Crippen LogP contribution in [-0.2, 0) is 5.72 Å². The van der Waals surface area contributed by atoms with Gasteiger partial charge in [-0.25, -0.2) is 0 Å². The highest BCUT2D eigenvalue weighted by Gasteiger charge is 2.49. The summed E-state index contributed by atoms with van der Waals surface area (Å²) in [7, 11) is 0. The van der Waals surface area contributed by atoms with Crippen LogP contribution in [0.2, 0.25) is 0 Å². The molecule has 0 bridgehead atoms. The molecule has 0 radical (unpaired) electrons. The Balaban J connectivity index is 1.71. The Hall–Kier alpha value is -2.53. The highest BCUT2D eigenvalue weighted by atomic mass is 16.6. The predicted molar refractivity (Wildman–Crippen MR) is 85.0 cm³/mol. The van der Waals surface area contributed by atoms with Crippen molar-refractivity contribution in [2.24, 2.45) is 4.99 Å². The lowest BCUT2D eigenvalue weighted by atomic mass is 9.93. The van der Waals surface area contributed by atoms with Gasteiger partial charge in [0.05, 0.1) is 6.54 Å². The summed E-state index contributed by atoms with van der Waals surface area (Å²) in [6, 6.07) is 13.6. The van der Waals surface area contributed by atoms with Gasteiger partial charge in [-0.2, -0.15) is 0 Å². The van der Waals surface area contributed by atoms with Crippen molar-refractivity contribution < 1.29 is 14.6 Å². The molecule has 0 amide bonds. The molecule has 5 rings (SSSR count). The molecule has 23 heavy (non-hydrogen) atoms. The van der Waals surface area contributed by atoms with E-state index in [-0.39, 0.29) is 0 Å². The van der Waals surface area contributed by atoms with Gasteiger partial charge >= 0.3 is 0 Å². The molecule has 3 heterocycles. The Kier molecular flexibility index (Phi) is 2.53. The first kappa shape index (κ1) is 13.0. The Morgan fingerprint density at radius 1 is 1.04 bits per heavy atom. The van der Waals surface area contributed by atoms with Crippen LogP contribution in [0.5, 0.6) is 11.5 Å². The van der Waals surface area contributed by atoms with E-state index in [2.05, 4.69) is 4.99 Å². The largest absolute Gasteiger partial charge is 0.486 e. The van der Waals surface area contributed by atoms with E-state index < -0.39 is 5.72 Å². The van der Waals surface area contributed by atoms with Crippen molar-refractivity contribution in [3.63, 3.8) is 0 Å². The number of aliphatic imine (C=N–C) groups is 1. The van der Waals surface area contributed by atoms with Crippen LogP contribution in [0.15, 0.2) is 47.5 Å². The summed E-state index contributed by atoms with van der Waals surface area (Å²) in [6.45, 7) is 2.50. The molecule has 0 spiro atoms. The van der Waals surface area contributed by atoms with Crippen LogP contribution in [0.4, 0.5) is 0 Å². The second-order valence-electron chi connectivity index (χ2n) is 5.93. The minimum atomic E-state index is -1.21. The maximum Gasteiger partial charge on any atom is 0.193 e. The van der Waals surface area contributed by atoms with Crippen LogP contribution in [-0.4, -0.2) is 42.1 Å². The van der Waals surface area contributed by atoms with Gasteiger partial charge in [0.25, 0.3) is 0 Å². The number of rotatable bonds is 1. The first-order valence-electron chi connectivity index (χ1n) is 7.83. The average Bonchev–Trinajstić information content (AvgIpc) is 3.18. The molecule has 2 aromatic rings. The highest BCUT2D eigenvalue weighted by Crippen LogP contribution is 2.45. The molecule has 3 aliphatic heterocycles. The van der Waals surface area contributed by atoms with Crippen LogP contribution in [0.3, 0.4) is 0 Å². The third kappa shape index (κ3) is 1.63. The second kappa shape index (κ2) is 4.49. The summed E-state index contributed by atoms with van der Waals surface area (Å²) < 4.78 is 11.3. The molecule has 1 unspecified atom stereocenters. The summed E-state index contributed by atoms with van der Waals surface area (Å²) in [4.78, 5) is 6.55. The van der Waals surface area contributed by atoms with Crippen molar-refractivity contribution in [2.45, 2.75) is 5.72 Å². The van der Waals surface area contributed by atoms with Crippen LogP contribution in [0.1, 0.15) is 16.7 Å². The van der Waals surface area contributed by atoms with Crippen molar-refractivity contribution in [1.82, 2.24) is 4.90 Å². The summed E-state index contributed by atoms with van der Waals surface area (Å²) >= 11 is 0. The van der Waals surface area contributed by atoms with Gasteiger partial charge in [0.15, 0.2) is 17.2 Å². The Labute approximate surface area is 133 Å². The van der Waals surface area contributed by atoms with Crippen molar-refractivity contribution in [1.29, 1.82) is 0 Å². The van der Waals surface area contributed by atoms with Gasteiger partial charge in [-0.15, -0.1) is 0 Å². The number of fused-ring (bicyclic) bond motifs is 4. The maximum atomic E-state index is 11.6. The van der Waals surface area contributed by atoms with E-state index in [9.17, 15) is 5.11 Å². The minimum Gasteiger partial charge on any atom is -0.486 e. The number of hydrogen-bond donors (Lipinski definition) is 1. The number of benzene rings is 2. The normalized spacial score (nSPS) is 24.2. The number of amidine groups is 1. The quantitative estimate of drug-likeness (QED) is 0.872. The molecule has 5 nitrogen and oxygen atoms in total. The lowest BCUT2D eigenvalue weighted by Gasteiger charge is -2.34. The standard InChI is InChI=1S/C18H16N2O3/c21-18(12-5-6-15-16(11-12)23-10-9-22-15)14-4-2-1-3-13(14)17-19-7-8-20(17)18/h1-6,11,21H,7-10H2. The average molecular weight is 308 g/mol. The Morgan fingerprint density at radius 3 is 2.78 bits per heavy atom. The van der Waals surface area contributed by atoms with Crippen LogP contribution < -0.4 is 9.47 Å². The maximum absolute atomic E-state index is 11.6. The topological polar surface area (TPSA) is 54.3 Å². The van der Waals surface area contributed by atoms with Gasteiger partial charge in [-0.1, -0.05) is 24.3 Å². The molecule has 0 fully saturated rings. The van der Waals surface area contributed by atoms with E-state index in [1.165, 1.54) is 0 Å². The number of hydrogen-bond acceptors (Lipinski definition) is 5. The first-order chi connectivity index (χ1) is 11.3. The summed E-state index contributed by atoms with van der Waals surface area (Å²) in [6.07, 6.45) is 0. The molecule has 0 saturated heterocycles. The molecular weight excluding hydrogens is 292 g/mol. The monoisotopic (exact) mass is 308 g/mol. The lowest BCUT2D eigenvalue weighted by Crippen LogP contribution is -2.43. The number of aliphatic hydroxyl groups is 1. The van der Waals surface area contributed by atoms with Crippen LogP contribution in [0.25, 0.3) is 0 Å². The molecule has 0 aliphatic carbocycles. The number of ether oxygens (including phenoxy) is 2. The summed E-state index contributed by atoms with van der Waals surface area (Å²) in [5, 5.41) is 11.6. The molecule has 1 N–H and O–H groups in total. The van der Waals surface area contributed by atoms with Gasteiger partial charge in [-0.05, 0) is 18.2 Å². The molecule has 0 saturated carbocycles. The second-order valence-corrected chi connectivity index (χ2v) is 5.93. The fourth-order valence-electron chi connectivity index (χ4n) is 3.69. The fourth-order valence-corrected chi connectivity index (χ4v) is 3.69. The van der Waals surface area contributed by atoms with Crippen molar-refractivity contribution >= 4 is 5.84 Å². The van der Waals surface area contributed by atoms with Crippen molar-refractivity contribution in [3.05, 3.63) is 59.2 Å². The van der Waals surface area contributed by atoms with Crippen LogP contribution >= 0.6 is 0 Å². The molecule has 2 aromatic carbocycles. The van der Waals surface area contributed by atoms with Gasteiger partial charge in [0.2, 0.25) is 0 Å². The zero-order valence-corrected chi connectivity index (χ0v) is 12.5. The summed E-state index contributed by atoms with van der Waals surface area (Å²) in [5.41, 5.74) is 1.45. The third-order valence-corrected chi connectivity index (χ3v) is 4.72. The van der Waals surface area contributed by atoms with Crippen LogP contribution in [0, 0.1) is 0 Å². The van der Waals surface area contributed by atoms with E-state index >= 15 is 0 Å². The molecule has 3 aliphatic rings. The zero-order chi connectivity index (χ0) is 15.4. The molecule has 0 aromatic heterocycles. The highest BCUT2D eigenvalue weighted by molar-refractivity contribution is 6.05. The van der Waals surface area contributed by atoms with Crippen molar-refractivity contribution in [3.8, 4) is 11.5 Å². The van der Waals surface area contributed by atoms with E-state index in [4.69, 9.17) is 9.47 Å². The molecule has 1 atom stereocenters. The smallest absolute Gasteiger partial charge is 0.193 e. The third-order valence-electron chi connectivity index (χ3n) is 4.72. The molecule has 116 valence electrons. The van der Waals surface area contributed by atoms with E-state index in [1.807, 2.05) is 47.4 Å². The first-order valence-corrected chi connectivity index (χ1v) is 7.83. The van der Waals surface area contributed by atoms with Gasteiger partial charge < -0.3 is 19.5 Å². The van der Waals surface area contributed by atoms with Gasteiger partial charge in [0.1, 0.15) is 19.0 Å².